The second kappa shape index (κ2) is 4.63. The Bertz CT molecular complexity index is 366. The van der Waals surface area contributed by atoms with Crippen molar-refractivity contribution in [2.24, 2.45) is 5.73 Å². The topological polar surface area (TPSA) is 26.0 Å². The molecular weight excluding hydrogens is 182 g/mol. The van der Waals surface area contributed by atoms with Gasteiger partial charge in [0.2, 0.25) is 0 Å². The second-order valence-corrected chi connectivity index (χ2v) is 4.29. The summed E-state index contributed by atoms with van der Waals surface area (Å²) in [5.41, 5.74) is 11.2. The molecule has 1 nitrogen and oxygen atoms in total. The molecule has 0 heterocycles. The molecule has 0 radical (unpaired) electrons. The van der Waals surface area contributed by atoms with Crippen LogP contribution in [0.1, 0.15) is 36.0 Å². The quantitative estimate of drug-likeness (QED) is 0.799. The summed E-state index contributed by atoms with van der Waals surface area (Å²) in [6, 6.07) is 6.61. The summed E-state index contributed by atoms with van der Waals surface area (Å²) >= 11 is 0. The molecule has 1 aromatic carbocycles. The molecule has 0 amide bonds. The maximum absolute atomic E-state index is 5.58. The van der Waals surface area contributed by atoms with Crippen LogP contribution in [0.15, 0.2) is 24.8 Å². The number of aryl methyl sites for hydroxylation is 1. The van der Waals surface area contributed by atoms with E-state index in [1.165, 1.54) is 47.9 Å². The van der Waals surface area contributed by atoms with Crippen LogP contribution >= 0.6 is 0 Å². The summed E-state index contributed by atoms with van der Waals surface area (Å²) < 4.78 is 0. The normalized spacial score (nSPS) is 14.7. The lowest BCUT2D eigenvalue weighted by atomic mass is 9.85. The molecule has 0 aromatic heterocycles. The van der Waals surface area contributed by atoms with Crippen molar-refractivity contribution in [3.8, 4) is 0 Å². The Balaban J connectivity index is 2.34. The molecule has 2 rings (SSSR count). The van der Waals surface area contributed by atoms with Gasteiger partial charge in [0, 0.05) is 0 Å². The van der Waals surface area contributed by atoms with Crippen molar-refractivity contribution in [1.29, 1.82) is 0 Å². The molecule has 2 N–H and O–H groups in total. The molecule has 0 unspecified atom stereocenters. The fraction of sp³-hybridized carbons (Fsp3) is 0.429. The number of hydrogen-bond donors (Lipinski definition) is 1. The average molecular weight is 201 g/mol. The van der Waals surface area contributed by atoms with Gasteiger partial charge >= 0.3 is 0 Å². The van der Waals surface area contributed by atoms with Gasteiger partial charge in [-0.25, -0.2) is 0 Å². The summed E-state index contributed by atoms with van der Waals surface area (Å²) in [4.78, 5) is 0. The van der Waals surface area contributed by atoms with Gasteiger partial charge in [-0.3, -0.25) is 0 Å². The van der Waals surface area contributed by atoms with E-state index >= 15 is 0 Å². The SMILES string of the molecule is C=C(CCN)c1cccc2c1CCCC2. The molecule has 1 aliphatic carbocycles. The minimum Gasteiger partial charge on any atom is -0.330 e. The van der Waals surface area contributed by atoms with E-state index in [4.69, 9.17) is 5.73 Å². The van der Waals surface area contributed by atoms with Crippen LogP contribution in [0.25, 0.3) is 5.57 Å². The number of rotatable bonds is 3. The molecule has 1 aliphatic rings. The van der Waals surface area contributed by atoms with Crippen LogP contribution in [-0.4, -0.2) is 6.54 Å². The van der Waals surface area contributed by atoms with E-state index in [1.807, 2.05) is 0 Å². The number of benzene rings is 1. The van der Waals surface area contributed by atoms with Crippen molar-refractivity contribution < 1.29 is 0 Å². The standard InChI is InChI=1S/C14H19N/c1-11(9-10-15)13-8-4-6-12-5-2-3-7-14(12)13/h4,6,8H,1-3,5,7,9-10,15H2. The highest BCUT2D eigenvalue weighted by Crippen LogP contribution is 2.29. The maximum Gasteiger partial charge on any atom is -0.00367 e. The van der Waals surface area contributed by atoms with E-state index in [-0.39, 0.29) is 0 Å². The largest absolute Gasteiger partial charge is 0.330 e. The molecule has 0 atom stereocenters. The second-order valence-electron chi connectivity index (χ2n) is 4.29. The first-order valence-electron chi connectivity index (χ1n) is 5.82. The van der Waals surface area contributed by atoms with Gasteiger partial charge in [0.05, 0.1) is 0 Å². The fourth-order valence-electron chi connectivity index (χ4n) is 2.42. The summed E-state index contributed by atoms with van der Waals surface area (Å²) in [6.45, 7) is 4.84. The van der Waals surface area contributed by atoms with Crippen LogP contribution < -0.4 is 5.73 Å². The van der Waals surface area contributed by atoms with Gasteiger partial charge in [0.25, 0.3) is 0 Å². The number of nitrogens with two attached hydrogens (primary N) is 1. The number of fused-ring (bicyclic) bond motifs is 1. The van der Waals surface area contributed by atoms with Crippen LogP contribution in [0.3, 0.4) is 0 Å². The Morgan fingerprint density at radius 2 is 2.07 bits per heavy atom. The first-order chi connectivity index (χ1) is 7.33. The molecular formula is C14H19N. The van der Waals surface area contributed by atoms with Gasteiger partial charge in [-0.2, -0.15) is 0 Å². The van der Waals surface area contributed by atoms with Crippen LogP contribution in [0.2, 0.25) is 0 Å². The van der Waals surface area contributed by atoms with Crippen molar-refractivity contribution in [3.05, 3.63) is 41.5 Å². The Kier molecular flexibility index (Phi) is 3.22. The highest BCUT2D eigenvalue weighted by Gasteiger charge is 2.13. The Morgan fingerprint density at radius 3 is 2.87 bits per heavy atom. The molecule has 1 heteroatoms. The predicted molar refractivity (Wildman–Crippen MR) is 65.8 cm³/mol. The summed E-state index contributed by atoms with van der Waals surface area (Å²) in [7, 11) is 0. The highest BCUT2D eigenvalue weighted by molar-refractivity contribution is 5.67. The first-order valence-corrected chi connectivity index (χ1v) is 5.82. The third kappa shape index (κ3) is 2.13. The smallest absolute Gasteiger partial charge is 0.00367 e. The van der Waals surface area contributed by atoms with Crippen molar-refractivity contribution in [1.82, 2.24) is 0 Å². The summed E-state index contributed by atoms with van der Waals surface area (Å²) in [5, 5.41) is 0. The zero-order valence-corrected chi connectivity index (χ0v) is 9.26. The Hall–Kier alpha value is -1.08. The zero-order valence-electron chi connectivity index (χ0n) is 9.26. The van der Waals surface area contributed by atoms with Crippen LogP contribution in [0, 0.1) is 0 Å². The monoisotopic (exact) mass is 201 g/mol. The van der Waals surface area contributed by atoms with Crippen LogP contribution in [-0.2, 0) is 12.8 Å². The van der Waals surface area contributed by atoms with Crippen molar-refractivity contribution in [2.45, 2.75) is 32.1 Å². The Morgan fingerprint density at radius 1 is 1.27 bits per heavy atom. The third-order valence-electron chi connectivity index (χ3n) is 3.22. The zero-order chi connectivity index (χ0) is 10.7. The van der Waals surface area contributed by atoms with Gasteiger partial charge in [0.1, 0.15) is 0 Å². The molecule has 0 fully saturated rings. The van der Waals surface area contributed by atoms with E-state index in [9.17, 15) is 0 Å². The Labute approximate surface area is 92.0 Å². The molecule has 0 saturated heterocycles. The van der Waals surface area contributed by atoms with Gasteiger partial charge in [-0.05, 0) is 60.9 Å². The molecule has 0 aliphatic heterocycles. The van der Waals surface area contributed by atoms with E-state index in [1.54, 1.807) is 0 Å². The lowest BCUT2D eigenvalue weighted by molar-refractivity contribution is 0.684. The lowest BCUT2D eigenvalue weighted by Crippen LogP contribution is -2.07. The number of hydrogen-bond acceptors (Lipinski definition) is 1. The predicted octanol–water partition coefficient (Wildman–Crippen LogP) is 2.93. The third-order valence-corrected chi connectivity index (χ3v) is 3.22. The van der Waals surface area contributed by atoms with Crippen molar-refractivity contribution >= 4 is 5.57 Å². The van der Waals surface area contributed by atoms with Crippen molar-refractivity contribution in [3.63, 3.8) is 0 Å². The molecule has 80 valence electrons. The van der Waals surface area contributed by atoms with Crippen molar-refractivity contribution in [2.75, 3.05) is 6.54 Å². The summed E-state index contributed by atoms with van der Waals surface area (Å²) in [6.07, 6.45) is 6.02. The van der Waals surface area contributed by atoms with Gasteiger partial charge in [-0.1, -0.05) is 24.8 Å². The van der Waals surface area contributed by atoms with E-state index in [0.717, 1.165) is 6.42 Å². The minimum absolute atomic E-state index is 0.697. The van der Waals surface area contributed by atoms with Gasteiger partial charge in [-0.15, -0.1) is 0 Å². The molecule has 0 bridgehead atoms. The van der Waals surface area contributed by atoms with Gasteiger partial charge in [0.15, 0.2) is 0 Å². The summed E-state index contributed by atoms with van der Waals surface area (Å²) in [5.74, 6) is 0. The van der Waals surface area contributed by atoms with E-state index in [0.29, 0.717) is 6.54 Å². The first kappa shape index (κ1) is 10.4. The maximum atomic E-state index is 5.58. The fourth-order valence-corrected chi connectivity index (χ4v) is 2.42. The van der Waals surface area contributed by atoms with Crippen LogP contribution in [0.4, 0.5) is 0 Å². The highest BCUT2D eigenvalue weighted by atomic mass is 14.5. The lowest BCUT2D eigenvalue weighted by Gasteiger charge is -2.20. The van der Waals surface area contributed by atoms with E-state index in [2.05, 4.69) is 24.8 Å². The van der Waals surface area contributed by atoms with E-state index < -0.39 is 0 Å². The molecule has 1 aromatic rings. The molecule has 15 heavy (non-hydrogen) atoms. The van der Waals surface area contributed by atoms with Gasteiger partial charge < -0.3 is 5.73 Å². The molecule has 0 saturated carbocycles. The van der Waals surface area contributed by atoms with Crippen LogP contribution in [0.5, 0.6) is 0 Å². The average Bonchev–Trinajstić information content (AvgIpc) is 2.28. The minimum atomic E-state index is 0.697. The molecule has 0 spiro atoms.